The normalized spacial score (nSPS) is 23.5. The van der Waals surface area contributed by atoms with Gasteiger partial charge in [0.15, 0.2) is 0 Å². The molecule has 0 saturated heterocycles. The minimum Gasteiger partial charge on any atom is -0.314 e. The first kappa shape index (κ1) is 5.62. The van der Waals surface area contributed by atoms with E-state index >= 15 is 0 Å². The minimum absolute atomic E-state index is 0.295. The Kier molecular flexibility index (Phi) is 1.53. The van der Waals surface area contributed by atoms with Crippen molar-refractivity contribution < 1.29 is 0 Å². The van der Waals surface area contributed by atoms with E-state index in [1.807, 2.05) is 6.92 Å². The molecule has 0 aliphatic heterocycles. The summed E-state index contributed by atoms with van der Waals surface area (Å²) in [7, 11) is 0. The van der Waals surface area contributed by atoms with Crippen molar-refractivity contribution in [1.29, 1.82) is 0 Å². The molecule has 1 aliphatic rings. The van der Waals surface area contributed by atoms with Crippen LogP contribution in [0.5, 0.6) is 0 Å². The summed E-state index contributed by atoms with van der Waals surface area (Å²) in [6, 6.07) is 0.295. The molecule has 1 fully saturated rings. The summed E-state index contributed by atoms with van der Waals surface area (Å²) < 4.78 is 0. The molecule has 8 heavy (non-hydrogen) atoms. The maximum Gasteiger partial charge on any atom is 0.223 e. The summed E-state index contributed by atoms with van der Waals surface area (Å²) in [6.07, 6.45) is 3.94. The van der Waals surface area contributed by atoms with Crippen LogP contribution in [-0.2, 0) is 0 Å². The third-order valence-electron chi connectivity index (χ3n) is 2.04. The van der Waals surface area contributed by atoms with E-state index in [1.54, 1.807) is 0 Å². The van der Waals surface area contributed by atoms with Gasteiger partial charge in [-0.05, 0) is 12.8 Å². The molecule has 0 amide bonds. The molecular weight excluding hydrogens is 98.1 g/mol. The molecule has 0 bridgehead atoms. The van der Waals surface area contributed by atoms with Gasteiger partial charge < -0.3 is 4.85 Å². The molecule has 1 unspecified atom stereocenters. The van der Waals surface area contributed by atoms with Crippen molar-refractivity contribution in [3.05, 3.63) is 11.4 Å². The van der Waals surface area contributed by atoms with Crippen LogP contribution in [0.2, 0.25) is 0 Å². The van der Waals surface area contributed by atoms with Gasteiger partial charge in [-0.2, -0.15) is 0 Å². The van der Waals surface area contributed by atoms with E-state index in [0.29, 0.717) is 6.04 Å². The van der Waals surface area contributed by atoms with E-state index in [9.17, 15) is 0 Å². The first-order chi connectivity index (χ1) is 3.84. The zero-order chi connectivity index (χ0) is 5.98. The van der Waals surface area contributed by atoms with Crippen LogP contribution in [0.15, 0.2) is 0 Å². The van der Waals surface area contributed by atoms with E-state index in [0.717, 1.165) is 5.92 Å². The van der Waals surface area contributed by atoms with Crippen molar-refractivity contribution in [1.82, 2.24) is 0 Å². The number of nitrogens with zero attached hydrogens (tertiary/aromatic N) is 1. The molecule has 1 saturated carbocycles. The van der Waals surface area contributed by atoms with Crippen LogP contribution in [0.4, 0.5) is 0 Å². The molecule has 1 aliphatic carbocycles. The Bertz CT molecular complexity index is 108. The fraction of sp³-hybridized carbons (Fsp3) is 0.857. The first-order valence-corrected chi connectivity index (χ1v) is 3.21. The Morgan fingerprint density at radius 3 is 2.38 bits per heavy atom. The van der Waals surface area contributed by atoms with Crippen molar-refractivity contribution in [2.45, 2.75) is 32.2 Å². The van der Waals surface area contributed by atoms with Crippen molar-refractivity contribution in [3.63, 3.8) is 0 Å². The highest BCUT2D eigenvalue weighted by molar-refractivity contribution is 4.86. The molecule has 0 aromatic carbocycles. The zero-order valence-electron chi connectivity index (χ0n) is 5.22. The quantitative estimate of drug-likeness (QED) is 0.454. The SMILES string of the molecule is [C-]#[N+]C(C)C1CCC1. The number of rotatable bonds is 1. The first-order valence-electron chi connectivity index (χ1n) is 3.21. The average Bonchev–Trinajstić information content (AvgIpc) is 1.62. The van der Waals surface area contributed by atoms with E-state index in [2.05, 4.69) is 4.85 Å². The Labute approximate surface area is 50.5 Å². The zero-order valence-corrected chi connectivity index (χ0v) is 5.22. The highest BCUT2D eigenvalue weighted by Gasteiger charge is 2.27. The highest BCUT2D eigenvalue weighted by atomic mass is 14.7. The number of hydrogen-bond acceptors (Lipinski definition) is 0. The van der Waals surface area contributed by atoms with Gasteiger partial charge in [-0.25, -0.2) is 6.57 Å². The maximum atomic E-state index is 6.70. The van der Waals surface area contributed by atoms with Gasteiger partial charge in [0.25, 0.3) is 0 Å². The van der Waals surface area contributed by atoms with Gasteiger partial charge in [0.05, 0.1) is 0 Å². The molecule has 0 N–H and O–H groups in total. The Balaban J connectivity index is 2.26. The summed E-state index contributed by atoms with van der Waals surface area (Å²) in [5, 5.41) is 0. The minimum atomic E-state index is 0.295. The summed E-state index contributed by atoms with van der Waals surface area (Å²) in [4.78, 5) is 3.46. The van der Waals surface area contributed by atoms with Crippen LogP contribution >= 0.6 is 0 Å². The van der Waals surface area contributed by atoms with Gasteiger partial charge in [0.2, 0.25) is 6.04 Å². The third-order valence-corrected chi connectivity index (χ3v) is 2.04. The molecular formula is C7H11N. The Hall–Kier alpha value is -0.510. The van der Waals surface area contributed by atoms with Crippen molar-refractivity contribution in [3.8, 4) is 0 Å². The topological polar surface area (TPSA) is 4.36 Å². The molecule has 1 nitrogen and oxygen atoms in total. The highest BCUT2D eigenvalue weighted by Crippen LogP contribution is 2.30. The lowest BCUT2D eigenvalue weighted by Gasteiger charge is -2.23. The van der Waals surface area contributed by atoms with Gasteiger partial charge in [0.1, 0.15) is 0 Å². The third kappa shape index (κ3) is 0.838. The lowest BCUT2D eigenvalue weighted by molar-refractivity contribution is 0.294. The largest absolute Gasteiger partial charge is 0.314 e. The lowest BCUT2D eigenvalue weighted by Crippen LogP contribution is -2.20. The van der Waals surface area contributed by atoms with Crippen LogP contribution in [0, 0.1) is 12.5 Å². The van der Waals surface area contributed by atoms with Gasteiger partial charge in [-0.3, -0.25) is 0 Å². The predicted molar refractivity (Wildman–Crippen MR) is 33.4 cm³/mol. The van der Waals surface area contributed by atoms with Crippen LogP contribution in [0.3, 0.4) is 0 Å². The second-order valence-electron chi connectivity index (χ2n) is 2.56. The van der Waals surface area contributed by atoms with Gasteiger partial charge >= 0.3 is 0 Å². The summed E-state index contributed by atoms with van der Waals surface area (Å²) in [6.45, 7) is 8.73. The molecule has 0 aromatic rings. The Morgan fingerprint density at radius 1 is 1.62 bits per heavy atom. The van der Waals surface area contributed by atoms with Crippen molar-refractivity contribution in [2.24, 2.45) is 5.92 Å². The van der Waals surface area contributed by atoms with Crippen LogP contribution in [-0.4, -0.2) is 6.04 Å². The fourth-order valence-corrected chi connectivity index (χ4v) is 1.03. The molecule has 1 heteroatoms. The molecule has 0 heterocycles. The average molecular weight is 109 g/mol. The molecule has 44 valence electrons. The molecule has 1 rings (SSSR count). The van der Waals surface area contributed by atoms with Gasteiger partial charge in [0, 0.05) is 12.8 Å². The van der Waals surface area contributed by atoms with E-state index < -0.39 is 0 Å². The predicted octanol–water partition coefficient (Wildman–Crippen LogP) is 2.09. The maximum absolute atomic E-state index is 6.70. The number of hydrogen-bond donors (Lipinski definition) is 0. The van der Waals surface area contributed by atoms with Crippen LogP contribution < -0.4 is 0 Å². The lowest BCUT2D eigenvalue weighted by atomic mass is 9.81. The standard InChI is InChI=1S/C7H11N/c1-6(8-2)7-4-3-5-7/h6-7H,3-5H2,1H3. The van der Waals surface area contributed by atoms with E-state index in [-0.39, 0.29) is 0 Å². The molecule has 0 aromatic heterocycles. The summed E-state index contributed by atoms with van der Waals surface area (Å²) in [5.41, 5.74) is 0. The van der Waals surface area contributed by atoms with Crippen molar-refractivity contribution >= 4 is 0 Å². The monoisotopic (exact) mass is 109 g/mol. The van der Waals surface area contributed by atoms with E-state index in [1.165, 1.54) is 19.3 Å². The van der Waals surface area contributed by atoms with E-state index in [4.69, 9.17) is 6.57 Å². The molecule has 1 atom stereocenters. The fourth-order valence-electron chi connectivity index (χ4n) is 1.03. The Morgan fingerprint density at radius 2 is 2.25 bits per heavy atom. The second-order valence-corrected chi connectivity index (χ2v) is 2.56. The van der Waals surface area contributed by atoms with Crippen LogP contribution in [0.1, 0.15) is 26.2 Å². The van der Waals surface area contributed by atoms with Crippen LogP contribution in [0.25, 0.3) is 4.85 Å². The molecule has 0 spiro atoms. The summed E-state index contributed by atoms with van der Waals surface area (Å²) >= 11 is 0. The second kappa shape index (κ2) is 2.17. The smallest absolute Gasteiger partial charge is 0.223 e. The summed E-state index contributed by atoms with van der Waals surface area (Å²) in [5.74, 6) is 0.743. The van der Waals surface area contributed by atoms with Gasteiger partial charge in [-0.1, -0.05) is 6.42 Å². The molecule has 0 radical (unpaired) electrons. The van der Waals surface area contributed by atoms with Crippen molar-refractivity contribution in [2.75, 3.05) is 0 Å². The van der Waals surface area contributed by atoms with Gasteiger partial charge in [-0.15, -0.1) is 0 Å².